The number of fused-ring (bicyclic) bond motifs is 1. The Morgan fingerprint density at radius 1 is 1.03 bits per heavy atom. The smallest absolute Gasteiger partial charge is 0.273 e. The molecule has 1 aromatic heterocycles. The van der Waals surface area contributed by atoms with Gasteiger partial charge in [-0.05, 0) is 86.7 Å². The fourth-order valence-electron chi connectivity index (χ4n) is 5.13. The van der Waals surface area contributed by atoms with E-state index in [0.717, 1.165) is 56.7 Å². The van der Waals surface area contributed by atoms with Crippen molar-refractivity contribution in [2.24, 2.45) is 0 Å². The molecule has 0 saturated carbocycles. The summed E-state index contributed by atoms with van der Waals surface area (Å²) in [5.41, 5.74) is 7.67. The van der Waals surface area contributed by atoms with Crippen LogP contribution in [0.3, 0.4) is 0 Å². The highest BCUT2D eigenvalue weighted by molar-refractivity contribution is 6.30. The second kappa shape index (κ2) is 9.39. The largest absolute Gasteiger partial charge is 0.369 e. The second-order valence-electron chi connectivity index (χ2n) is 9.54. The number of anilines is 1. The molecule has 1 saturated heterocycles. The van der Waals surface area contributed by atoms with Gasteiger partial charge in [0.05, 0.1) is 11.9 Å². The average molecular weight is 479 g/mol. The molecule has 0 radical (unpaired) electrons. The highest BCUT2D eigenvalue weighted by Gasteiger charge is 2.27. The predicted octanol–water partition coefficient (Wildman–Crippen LogP) is 3.58. The number of carbonyl (C=O) groups is 1. The van der Waals surface area contributed by atoms with Crippen molar-refractivity contribution in [1.82, 2.24) is 25.2 Å². The monoisotopic (exact) mass is 478 g/mol. The minimum atomic E-state index is -0.180. The van der Waals surface area contributed by atoms with E-state index in [2.05, 4.69) is 51.5 Å². The molecule has 1 aliphatic carbocycles. The Morgan fingerprint density at radius 3 is 2.56 bits per heavy atom. The Morgan fingerprint density at radius 2 is 1.79 bits per heavy atom. The van der Waals surface area contributed by atoms with Crippen molar-refractivity contribution in [3.8, 4) is 5.69 Å². The van der Waals surface area contributed by atoms with Crippen LogP contribution in [0, 0.1) is 13.8 Å². The van der Waals surface area contributed by atoms with Gasteiger partial charge in [-0.15, -0.1) is 5.10 Å². The summed E-state index contributed by atoms with van der Waals surface area (Å²) < 4.78 is 1.63. The number of aryl methyl sites for hydroxylation is 2. The number of amides is 1. The van der Waals surface area contributed by atoms with Crippen molar-refractivity contribution in [3.05, 3.63) is 69.5 Å². The molecule has 34 heavy (non-hydrogen) atoms. The number of aromatic nitrogens is 3. The lowest BCUT2D eigenvalue weighted by Gasteiger charge is -2.37. The highest BCUT2D eigenvalue weighted by atomic mass is 35.5. The third-order valence-electron chi connectivity index (χ3n) is 7.14. The van der Waals surface area contributed by atoms with Crippen LogP contribution in [0.1, 0.15) is 39.2 Å². The number of likely N-dealkylation sites (N-methyl/N-ethyl adjacent to an activating group) is 1. The quantitative estimate of drug-likeness (QED) is 0.621. The summed E-state index contributed by atoms with van der Waals surface area (Å²) in [5.74, 6) is -0.180. The van der Waals surface area contributed by atoms with E-state index in [1.807, 2.05) is 25.1 Å². The lowest BCUT2D eigenvalue weighted by Crippen LogP contribution is -2.45. The first-order valence-corrected chi connectivity index (χ1v) is 12.3. The summed E-state index contributed by atoms with van der Waals surface area (Å²) in [6.45, 7) is 8.38. The van der Waals surface area contributed by atoms with Crippen molar-refractivity contribution in [2.45, 2.75) is 39.2 Å². The Hall–Kier alpha value is -2.90. The van der Waals surface area contributed by atoms with Crippen molar-refractivity contribution in [2.75, 3.05) is 38.1 Å². The van der Waals surface area contributed by atoms with Crippen LogP contribution in [0.5, 0.6) is 0 Å². The van der Waals surface area contributed by atoms with E-state index in [9.17, 15) is 4.79 Å². The summed E-state index contributed by atoms with van der Waals surface area (Å²) in [7, 11) is 2.18. The molecule has 2 heterocycles. The zero-order chi connectivity index (χ0) is 23.8. The third-order valence-corrected chi connectivity index (χ3v) is 7.38. The summed E-state index contributed by atoms with van der Waals surface area (Å²) >= 11 is 6.07. The average Bonchev–Trinajstić information content (AvgIpc) is 3.30. The maximum Gasteiger partial charge on any atom is 0.273 e. The third kappa shape index (κ3) is 4.55. The minimum Gasteiger partial charge on any atom is -0.369 e. The van der Waals surface area contributed by atoms with E-state index < -0.39 is 0 Å². The molecule has 0 bridgehead atoms. The molecule has 1 fully saturated rings. The maximum atomic E-state index is 13.0. The van der Waals surface area contributed by atoms with Crippen LogP contribution in [0.15, 0.2) is 36.5 Å². The summed E-state index contributed by atoms with van der Waals surface area (Å²) in [6, 6.07) is 10.2. The molecule has 1 N–H and O–H groups in total. The number of nitrogens with zero attached hydrogens (tertiary/aromatic N) is 5. The Balaban J connectivity index is 1.32. The van der Waals surface area contributed by atoms with Crippen molar-refractivity contribution in [1.29, 1.82) is 0 Å². The number of nitrogens with one attached hydrogen (secondary N) is 1. The minimum absolute atomic E-state index is 0.0791. The number of hydrogen-bond acceptors (Lipinski definition) is 5. The standard InChI is InChI=1S/C26H31ClN6O/c1-17-4-8-25(32-12-10-31(3)11-13-32)22-15-20(6-7-21(17)22)28-26(34)23-16-33(30-29-23)24-9-5-19(27)14-18(24)2/h4-5,8-9,14,16,20H,6-7,10-13,15H2,1-3H3,(H,28,34)/t20-/m0/s1. The van der Waals surface area contributed by atoms with Gasteiger partial charge in [-0.1, -0.05) is 22.9 Å². The van der Waals surface area contributed by atoms with Gasteiger partial charge in [-0.25, -0.2) is 4.68 Å². The van der Waals surface area contributed by atoms with Gasteiger partial charge >= 0.3 is 0 Å². The second-order valence-corrected chi connectivity index (χ2v) is 9.98. The molecular formula is C26H31ClN6O. The van der Waals surface area contributed by atoms with Crippen LogP contribution in [0.2, 0.25) is 5.02 Å². The summed E-state index contributed by atoms with van der Waals surface area (Å²) in [4.78, 5) is 17.9. The molecule has 3 aromatic rings. The van der Waals surface area contributed by atoms with E-state index in [4.69, 9.17) is 11.6 Å². The van der Waals surface area contributed by atoms with Gasteiger partial charge < -0.3 is 15.1 Å². The van der Waals surface area contributed by atoms with Crippen LogP contribution in [-0.4, -0.2) is 65.1 Å². The molecule has 8 heteroatoms. The number of hydrogen-bond donors (Lipinski definition) is 1. The SMILES string of the molecule is Cc1cc(Cl)ccc1-n1cc(C(=O)N[C@H]2CCc3c(C)ccc(N4CCN(C)CC4)c3C2)nn1. The highest BCUT2D eigenvalue weighted by Crippen LogP contribution is 2.33. The fourth-order valence-corrected chi connectivity index (χ4v) is 5.35. The number of halogens is 1. The fraction of sp³-hybridized carbons (Fsp3) is 0.423. The van der Waals surface area contributed by atoms with Crippen LogP contribution in [0.4, 0.5) is 5.69 Å². The van der Waals surface area contributed by atoms with Crippen molar-refractivity contribution < 1.29 is 4.79 Å². The summed E-state index contributed by atoms with van der Waals surface area (Å²) in [5, 5.41) is 12.2. The van der Waals surface area contributed by atoms with Gasteiger partial charge in [0.2, 0.25) is 0 Å². The first-order valence-electron chi connectivity index (χ1n) is 11.9. The molecule has 2 aromatic carbocycles. The predicted molar refractivity (Wildman–Crippen MR) is 135 cm³/mol. The van der Waals surface area contributed by atoms with E-state index in [1.54, 1.807) is 10.9 Å². The van der Waals surface area contributed by atoms with Gasteiger partial charge in [-0.2, -0.15) is 0 Å². The van der Waals surface area contributed by atoms with Gasteiger partial charge in [-0.3, -0.25) is 4.79 Å². The number of rotatable bonds is 4. The molecule has 1 aliphatic heterocycles. The van der Waals surface area contributed by atoms with E-state index >= 15 is 0 Å². The number of benzene rings is 2. The normalized spacial score (nSPS) is 18.6. The number of carbonyl (C=O) groups excluding carboxylic acids is 1. The zero-order valence-corrected chi connectivity index (χ0v) is 20.8. The van der Waals surface area contributed by atoms with Crippen molar-refractivity contribution in [3.63, 3.8) is 0 Å². The Labute approximate surface area is 205 Å². The van der Waals surface area contributed by atoms with Crippen LogP contribution in [-0.2, 0) is 12.8 Å². The maximum absolute atomic E-state index is 13.0. The van der Waals surface area contributed by atoms with Gasteiger partial charge in [0.15, 0.2) is 5.69 Å². The molecular weight excluding hydrogens is 448 g/mol. The molecule has 7 nitrogen and oxygen atoms in total. The van der Waals surface area contributed by atoms with E-state index in [1.165, 1.54) is 22.4 Å². The van der Waals surface area contributed by atoms with E-state index in [-0.39, 0.29) is 11.9 Å². The Kier molecular flexibility index (Phi) is 6.32. The molecule has 1 atom stereocenters. The lowest BCUT2D eigenvalue weighted by atomic mass is 9.84. The molecule has 5 rings (SSSR count). The van der Waals surface area contributed by atoms with Gasteiger partial charge in [0.25, 0.3) is 5.91 Å². The molecule has 178 valence electrons. The topological polar surface area (TPSA) is 66.3 Å². The van der Waals surface area contributed by atoms with Crippen LogP contribution in [0.25, 0.3) is 5.69 Å². The first-order chi connectivity index (χ1) is 16.4. The van der Waals surface area contributed by atoms with Gasteiger partial charge in [0, 0.05) is 42.9 Å². The van der Waals surface area contributed by atoms with E-state index in [0.29, 0.717) is 10.7 Å². The van der Waals surface area contributed by atoms with Crippen LogP contribution >= 0.6 is 11.6 Å². The molecule has 2 aliphatic rings. The lowest BCUT2D eigenvalue weighted by molar-refractivity contribution is 0.0928. The van der Waals surface area contributed by atoms with Gasteiger partial charge in [0.1, 0.15) is 0 Å². The Bertz CT molecular complexity index is 1210. The van der Waals surface area contributed by atoms with Crippen LogP contribution < -0.4 is 10.2 Å². The molecule has 0 spiro atoms. The molecule has 1 amide bonds. The summed E-state index contributed by atoms with van der Waals surface area (Å²) in [6.07, 6.45) is 4.43. The first kappa shape index (κ1) is 22.9. The zero-order valence-electron chi connectivity index (χ0n) is 20.0. The number of piperazine rings is 1. The molecule has 0 unspecified atom stereocenters. The van der Waals surface area contributed by atoms with Crippen molar-refractivity contribution >= 4 is 23.2 Å².